The SMILES string of the molecule is Cc1ccc(-n2cc(Br)cn2)cn1. The highest BCUT2D eigenvalue weighted by Crippen LogP contribution is 2.11. The Bertz CT molecular complexity index is 405. The van der Waals surface area contributed by atoms with Gasteiger partial charge in [-0.1, -0.05) is 0 Å². The van der Waals surface area contributed by atoms with Crippen LogP contribution in [0.1, 0.15) is 5.69 Å². The number of rotatable bonds is 1. The van der Waals surface area contributed by atoms with E-state index in [1.807, 2.05) is 25.3 Å². The van der Waals surface area contributed by atoms with Gasteiger partial charge < -0.3 is 0 Å². The first kappa shape index (κ1) is 8.44. The van der Waals surface area contributed by atoms with Gasteiger partial charge in [-0.2, -0.15) is 5.10 Å². The maximum absolute atomic E-state index is 4.19. The van der Waals surface area contributed by atoms with E-state index in [1.165, 1.54) is 0 Å². The molecule has 0 saturated carbocycles. The maximum Gasteiger partial charge on any atom is 0.0829 e. The van der Waals surface area contributed by atoms with E-state index in [0.29, 0.717) is 0 Å². The topological polar surface area (TPSA) is 30.7 Å². The van der Waals surface area contributed by atoms with Gasteiger partial charge in [-0.15, -0.1) is 0 Å². The summed E-state index contributed by atoms with van der Waals surface area (Å²) in [4.78, 5) is 4.19. The van der Waals surface area contributed by atoms with E-state index < -0.39 is 0 Å². The minimum Gasteiger partial charge on any atom is -0.259 e. The van der Waals surface area contributed by atoms with Crippen molar-refractivity contribution in [3.63, 3.8) is 0 Å². The van der Waals surface area contributed by atoms with Crippen molar-refractivity contribution in [3.05, 3.63) is 40.9 Å². The van der Waals surface area contributed by atoms with E-state index in [0.717, 1.165) is 15.9 Å². The van der Waals surface area contributed by atoms with Crippen LogP contribution in [-0.2, 0) is 0 Å². The van der Waals surface area contributed by atoms with Crippen LogP contribution in [-0.4, -0.2) is 14.8 Å². The molecule has 0 radical (unpaired) electrons. The van der Waals surface area contributed by atoms with E-state index in [1.54, 1.807) is 17.1 Å². The van der Waals surface area contributed by atoms with Gasteiger partial charge in [0.2, 0.25) is 0 Å². The fourth-order valence-corrected chi connectivity index (χ4v) is 1.32. The molecule has 0 atom stereocenters. The van der Waals surface area contributed by atoms with Crippen molar-refractivity contribution in [2.75, 3.05) is 0 Å². The summed E-state index contributed by atoms with van der Waals surface area (Å²) in [6.07, 6.45) is 5.45. The highest BCUT2D eigenvalue weighted by molar-refractivity contribution is 9.10. The van der Waals surface area contributed by atoms with Crippen molar-refractivity contribution >= 4 is 15.9 Å². The monoisotopic (exact) mass is 237 g/mol. The van der Waals surface area contributed by atoms with Crippen LogP contribution < -0.4 is 0 Å². The number of hydrogen-bond donors (Lipinski definition) is 0. The summed E-state index contributed by atoms with van der Waals surface area (Å²) < 4.78 is 2.74. The summed E-state index contributed by atoms with van der Waals surface area (Å²) >= 11 is 3.34. The summed E-state index contributed by atoms with van der Waals surface area (Å²) in [6, 6.07) is 3.95. The molecule has 0 spiro atoms. The third-order valence-electron chi connectivity index (χ3n) is 1.71. The van der Waals surface area contributed by atoms with Gasteiger partial charge in [-0.05, 0) is 35.0 Å². The minimum absolute atomic E-state index is 0.966. The Labute approximate surface area is 84.5 Å². The lowest BCUT2D eigenvalue weighted by atomic mass is 10.3. The lowest BCUT2D eigenvalue weighted by molar-refractivity contribution is 0.871. The molecule has 0 fully saturated rings. The molecule has 0 aliphatic rings. The molecule has 4 heteroatoms. The number of halogens is 1. The quantitative estimate of drug-likeness (QED) is 0.763. The smallest absolute Gasteiger partial charge is 0.0829 e. The minimum atomic E-state index is 0.966. The number of aromatic nitrogens is 3. The molecular formula is C9H8BrN3. The second kappa shape index (κ2) is 3.30. The van der Waals surface area contributed by atoms with Gasteiger partial charge in [0, 0.05) is 11.9 Å². The van der Waals surface area contributed by atoms with Crippen LogP contribution >= 0.6 is 15.9 Å². The molecule has 13 heavy (non-hydrogen) atoms. The molecular weight excluding hydrogens is 230 g/mol. The van der Waals surface area contributed by atoms with E-state index in [2.05, 4.69) is 26.0 Å². The van der Waals surface area contributed by atoms with Crippen molar-refractivity contribution in [1.29, 1.82) is 0 Å². The molecule has 66 valence electrons. The molecule has 0 N–H and O–H groups in total. The molecule has 0 bridgehead atoms. The van der Waals surface area contributed by atoms with E-state index in [9.17, 15) is 0 Å². The summed E-state index contributed by atoms with van der Waals surface area (Å²) in [5.41, 5.74) is 1.98. The molecule has 0 amide bonds. The Morgan fingerprint density at radius 3 is 2.69 bits per heavy atom. The van der Waals surface area contributed by atoms with Gasteiger partial charge in [0.15, 0.2) is 0 Å². The van der Waals surface area contributed by atoms with Gasteiger partial charge in [0.05, 0.1) is 22.6 Å². The van der Waals surface area contributed by atoms with Crippen LogP contribution in [0, 0.1) is 6.92 Å². The first-order valence-electron chi connectivity index (χ1n) is 3.89. The van der Waals surface area contributed by atoms with Gasteiger partial charge in [-0.3, -0.25) is 4.98 Å². The van der Waals surface area contributed by atoms with Crippen LogP contribution in [0.3, 0.4) is 0 Å². The molecule has 2 rings (SSSR count). The number of aryl methyl sites for hydroxylation is 1. The molecule has 2 aromatic rings. The number of hydrogen-bond acceptors (Lipinski definition) is 2. The zero-order chi connectivity index (χ0) is 9.26. The van der Waals surface area contributed by atoms with Crippen molar-refractivity contribution < 1.29 is 0 Å². The van der Waals surface area contributed by atoms with Gasteiger partial charge in [-0.25, -0.2) is 4.68 Å². The molecule has 3 nitrogen and oxygen atoms in total. The summed E-state index contributed by atoms with van der Waals surface area (Å²) in [6.45, 7) is 1.96. The zero-order valence-corrected chi connectivity index (χ0v) is 8.69. The average Bonchev–Trinajstić information content (AvgIpc) is 2.53. The lowest BCUT2D eigenvalue weighted by Crippen LogP contribution is -1.94. The largest absolute Gasteiger partial charge is 0.259 e. The Morgan fingerprint density at radius 2 is 2.15 bits per heavy atom. The first-order chi connectivity index (χ1) is 6.25. The maximum atomic E-state index is 4.19. The molecule has 0 aliphatic heterocycles. The van der Waals surface area contributed by atoms with Crippen LogP contribution in [0.5, 0.6) is 0 Å². The fourth-order valence-electron chi connectivity index (χ4n) is 1.04. The summed E-state index contributed by atoms with van der Waals surface area (Å²) in [5.74, 6) is 0. The third-order valence-corrected chi connectivity index (χ3v) is 2.12. The fraction of sp³-hybridized carbons (Fsp3) is 0.111. The molecule has 0 aliphatic carbocycles. The average molecular weight is 238 g/mol. The van der Waals surface area contributed by atoms with E-state index >= 15 is 0 Å². The Kier molecular flexibility index (Phi) is 2.14. The Hall–Kier alpha value is -1.16. The normalized spacial score (nSPS) is 10.3. The second-order valence-corrected chi connectivity index (χ2v) is 3.68. The van der Waals surface area contributed by atoms with Gasteiger partial charge >= 0.3 is 0 Å². The number of nitrogens with zero attached hydrogens (tertiary/aromatic N) is 3. The Balaban J connectivity index is 2.41. The lowest BCUT2D eigenvalue weighted by Gasteiger charge is -1.99. The zero-order valence-electron chi connectivity index (χ0n) is 7.11. The molecule has 0 aromatic carbocycles. The summed E-state index contributed by atoms with van der Waals surface area (Å²) in [5, 5.41) is 4.15. The molecule has 0 saturated heterocycles. The van der Waals surface area contributed by atoms with Crippen molar-refractivity contribution in [2.45, 2.75) is 6.92 Å². The van der Waals surface area contributed by atoms with E-state index in [4.69, 9.17) is 0 Å². The van der Waals surface area contributed by atoms with Crippen molar-refractivity contribution in [1.82, 2.24) is 14.8 Å². The predicted molar refractivity (Wildman–Crippen MR) is 53.8 cm³/mol. The molecule has 2 aromatic heterocycles. The highest BCUT2D eigenvalue weighted by Gasteiger charge is 1.97. The van der Waals surface area contributed by atoms with Crippen LogP contribution in [0.2, 0.25) is 0 Å². The second-order valence-electron chi connectivity index (χ2n) is 2.76. The van der Waals surface area contributed by atoms with Crippen molar-refractivity contribution in [3.8, 4) is 5.69 Å². The van der Waals surface area contributed by atoms with Gasteiger partial charge in [0.25, 0.3) is 0 Å². The standard InChI is InChI=1S/C9H8BrN3/c1-7-2-3-9(5-11-7)13-6-8(10)4-12-13/h2-6H,1H3. The van der Waals surface area contributed by atoms with Gasteiger partial charge in [0.1, 0.15) is 0 Å². The van der Waals surface area contributed by atoms with Crippen molar-refractivity contribution in [2.24, 2.45) is 0 Å². The van der Waals surface area contributed by atoms with Crippen LogP contribution in [0.25, 0.3) is 5.69 Å². The van der Waals surface area contributed by atoms with Crippen LogP contribution in [0.15, 0.2) is 35.2 Å². The highest BCUT2D eigenvalue weighted by atomic mass is 79.9. The summed E-state index contributed by atoms with van der Waals surface area (Å²) in [7, 11) is 0. The Morgan fingerprint density at radius 1 is 1.31 bits per heavy atom. The number of pyridine rings is 1. The predicted octanol–water partition coefficient (Wildman–Crippen LogP) is 2.34. The first-order valence-corrected chi connectivity index (χ1v) is 4.68. The molecule has 0 unspecified atom stereocenters. The van der Waals surface area contributed by atoms with E-state index in [-0.39, 0.29) is 0 Å². The third kappa shape index (κ3) is 1.78. The van der Waals surface area contributed by atoms with Crippen LogP contribution in [0.4, 0.5) is 0 Å². The molecule has 2 heterocycles.